The monoisotopic (exact) mass is 328 g/mol. The molecule has 1 saturated heterocycles. The molecule has 3 rings (SSSR count). The second-order valence-corrected chi connectivity index (χ2v) is 10.9. The zero-order valence-electron chi connectivity index (χ0n) is 15.5. The van der Waals surface area contributed by atoms with Crippen molar-refractivity contribution in [2.24, 2.45) is 39.9 Å². The molecule has 2 bridgehead atoms. The molecular formula is C18H32O3S. The van der Waals surface area contributed by atoms with Gasteiger partial charge in [-0.05, 0) is 36.0 Å². The molecule has 128 valence electrons. The topological polar surface area (TPSA) is 43.4 Å². The molecule has 3 fully saturated rings. The van der Waals surface area contributed by atoms with Crippen LogP contribution in [0.5, 0.6) is 0 Å². The van der Waals surface area contributed by atoms with E-state index >= 15 is 0 Å². The third-order valence-electron chi connectivity index (χ3n) is 8.99. The van der Waals surface area contributed by atoms with Gasteiger partial charge in [0.2, 0.25) is 0 Å². The quantitative estimate of drug-likeness (QED) is 0.717. The van der Waals surface area contributed by atoms with Gasteiger partial charge in [-0.3, -0.25) is 4.18 Å². The Balaban J connectivity index is 2.47. The van der Waals surface area contributed by atoms with Crippen LogP contribution in [-0.2, 0) is 14.3 Å². The van der Waals surface area contributed by atoms with Crippen LogP contribution in [0.3, 0.4) is 0 Å². The molecule has 1 heterocycles. The molecule has 0 N–H and O–H groups in total. The van der Waals surface area contributed by atoms with E-state index < -0.39 is 21.0 Å². The molecule has 6 unspecified atom stereocenters. The van der Waals surface area contributed by atoms with E-state index in [0.29, 0.717) is 17.8 Å². The maximum atomic E-state index is 13.1. The first-order valence-electron chi connectivity index (χ1n) is 8.71. The van der Waals surface area contributed by atoms with Gasteiger partial charge in [-0.1, -0.05) is 55.4 Å². The van der Waals surface area contributed by atoms with Crippen molar-refractivity contribution in [3.63, 3.8) is 0 Å². The van der Waals surface area contributed by atoms with Gasteiger partial charge in [0.15, 0.2) is 0 Å². The molecule has 0 aromatic carbocycles. The van der Waals surface area contributed by atoms with E-state index in [9.17, 15) is 8.42 Å². The highest BCUT2D eigenvalue weighted by Gasteiger charge is 2.90. The predicted molar refractivity (Wildman–Crippen MR) is 88.8 cm³/mol. The summed E-state index contributed by atoms with van der Waals surface area (Å²) >= 11 is 0. The van der Waals surface area contributed by atoms with Gasteiger partial charge in [0.05, 0.1) is 5.60 Å². The molecule has 1 aliphatic heterocycles. The molecule has 2 saturated carbocycles. The van der Waals surface area contributed by atoms with Crippen LogP contribution in [-0.4, -0.2) is 19.3 Å². The maximum absolute atomic E-state index is 13.1. The van der Waals surface area contributed by atoms with Gasteiger partial charge in [0.1, 0.15) is 5.25 Å². The summed E-state index contributed by atoms with van der Waals surface area (Å²) in [6.07, 6.45) is 0. The maximum Gasteiger partial charge on any atom is 0.272 e. The van der Waals surface area contributed by atoms with Crippen molar-refractivity contribution in [2.45, 2.75) is 73.2 Å². The lowest BCUT2D eigenvalue weighted by Gasteiger charge is -2.58. The largest absolute Gasteiger partial charge is 0.272 e. The van der Waals surface area contributed by atoms with Crippen molar-refractivity contribution in [3.05, 3.63) is 0 Å². The number of fused-ring (bicyclic) bond motifs is 1. The Morgan fingerprint density at radius 3 is 1.73 bits per heavy atom. The van der Waals surface area contributed by atoms with Gasteiger partial charge in [0, 0.05) is 10.8 Å². The summed E-state index contributed by atoms with van der Waals surface area (Å²) in [4.78, 5) is 0. The lowest BCUT2D eigenvalue weighted by atomic mass is 9.46. The SMILES string of the molecule is CC1C2(C)OS(=O)(=O)C3C2(C)C(C)C1(C)C3(C(C)C)C(C)C. The fraction of sp³-hybridized carbons (Fsp3) is 1.00. The molecule has 22 heavy (non-hydrogen) atoms. The van der Waals surface area contributed by atoms with Gasteiger partial charge in [-0.25, -0.2) is 0 Å². The van der Waals surface area contributed by atoms with E-state index in [0.717, 1.165) is 0 Å². The first kappa shape index (κ1) is 16.8. The Morgan fingerprint density at radius 1 is 0.864 bits per heavy atom. The van der Waals surface area contributed by atoms with Crippen molar-refractivity contribution < 1.29 is 12.6 Å². The van der Waals surface area contributed by atoms with E-state index in [1.807, 2.05) is 6.92 Å². The van der Waals surface area contributed by atoms with Crippen molar-refractivity contribution in [2.75, 3.05) is 0 Å². The standard InChI is InChI=1S/C18H32O3S/c1-10(2)18(11(3)4)14-16(8)12(5)15(18,7)13(6)17(16,9)21-22(14,19)20/h10-14H,1-9H3. The molecule has 0 spiro atoms. The molecule has 0 radical (unpaired) electrons. The molecule has 4 heteroatoms. The smallest absolute Gasteiger partial charge is 0.263 e. The van der Waals surface area contributed by atoms with Crippen LogP contribution in [0.15, 0.2) is 0 Å². The minimum atomic E-state index is -3.55. The Labute approximate surface area is 136 Å². The van der Waals surface area contributed by atoms with E-state index in [2.05, 4.69) is 55.4 Å². The molecule has 0 amide bonds. The average Bonchev–Trinajstić information content (AvgIpc) is 2.67. The van der Waals surface area contributed by atoms with Gasteiger partial charge >= 0.3 is 0 Å². The normalized spacial score (nSPS) is 54.6. The molecule has 0 aromatic heterocycles. The minimum absolute atomic E-state index is 0.0347. The number of hydrogen-bond donors (Lipinski definition) is 0. The molecule has 3 nitrogen and oxygen atoms in total. The summed E-state index contributed by atoms with van der Waals surface area (Å²) in [5.74, 6) is 1.15. The fourth-order valence-electron chi connectivity index (χ4n) is 7.99. The summed E-state index contributed by atoms with van der Waals surface area (Å²) < 4.78 is 32.1. The molecular weight excluding hydrogens is 296 g/mol. The Kier molecular flexibility index (Phi) is 3.00. The molecule has 2 aliphatic carbocycles. The van der Waals surface area contributed by atoms with Crippen LogP contribution in [0.1, 0.15) is 62.3 Å². The Morgan fingerprint density at radius 2 is 1.32 bits per heavy atom. The second-order valence-electron chi connectivity index (χ2n) is 9.31. The van der Waals surface area contributed by atoms with Gasteiger partial charge in [-0.2, -0.15) is 8.42 Å². The van der Waals surface area contributed by atoms with Crippen molar-refractivity contribution in [1.82, 2.24) is 0 Å². The number of rotatable bonds is 2. The van der Waals surface area contributed by atoms with E-state index in [1.165, 1.54) is 0 Å². The highest BCUT2D eigenvalue weighted by Crippen LogP contribution is 2.85. The summed E-state index contributed by atoms with van der Waals surface area (Å²) in [7, 11) is -3.55. The summed E-state index contributed by atoms with van der Waals surface area (Å²) in [6.45, 7) is 19.9. The zero-order chi connectivity index (χ0) is 17.1. The van der Waals surface area contributed by atoms with E-state index in [1.54, 1.807) is 0 Å². The lowest BCUT2D eigenvalue weighted by Crippen LogP contribution is -2.62. The third-order valence-corrected chi connectivity index (χ3v) is 11.0. The van der Waals surface area contributed by atoms with Crippen LogP contribution in [0.4, 0.5) is 0 Å². The van der Waals surface area contributed by atoms with Crippen LogP contribution < -0.4 is 0 Å². The molecule has 6 atom stereocenters. The summed E-state index contributed by atoms with van der Waals surface area (Å²) in [6, 6.07) is 0. The lowest BCUT2D eigenvalue weighted by molar-refractivity contribution is -0.121. The van der Waals surface area contributed by atoms with Crippen LogP contribution in [0.25, 0.3) is 0 Å². The average molecular weight is 329 g/mol. The fourth-order valence-corrected chi connectivity index (χ4v) is 11.2. The summed E-state index contributed by atoms with van der Waals surface area (Å²) in [5, 5.41) is -0.395. The van der Waals surface area contributed by atoms with Crippen LogP contribution in [0, 0.1) is 39.9 Å². The van der Waals surface area contributed by atoms with E-state index in [-0.39, 0.29) is 22.2 Å². The third kappa shape index (κ3) is 1.17. The van der Waals surface area contributed by atoms with Gasteiger partial charge in [-0.15, -0.1) is 0 Å². The van der Waals surface area contributed by atoms with E-state index in [4.69, 9.17) is 4.18 Å². The van der Waals surface area contributed by atoms with Crippen molar-refractivity contribution in [3.8, 4) is 0 Å². The zero-order valence-corrected chi connectivity index (χ0v) is 16.3. The van der Waals surface area contributed by atoms with Crippen molar-refractivity contribution >= 4 is 10.1 Å². The Hall–Kier alpha value is -0.0900. The predicted octanol–water partition coefficient (Wildman–Crippen LogP) is 4.08. The molecule has 0 aromatic rings. The second kappa shape index (κ2) is 3.93. The molecule has 3 aliphatic rings. The van der Waals surface area contributed by atoms with Crippen LogP contribution in [0.2, 0.25) is 0 Å². The van der Waals surface area contributed by atoms with Crippen molar-refractivity contribution in [1.29, 1.82) is 0 Å². The Bertz CT molecular complexity index is 608. The number of hydrogen-bond acceptors (Lipinski definition) is 3. The highest BCUT2D eigenvalue weighted by atomic mass is 32.2. The van der Waals surface area contributed by atoms with Gasteiger partial charge in [0.25, 0.3) is 10.1 Å². The first-order valence-corrected chi connectivity index (χ1v) is 10.2. The minimum Gasteiger partial charge on any atom is -0.263 e. The van der Waals surface area contributed by atoms with Crippen LogP contribution >= 0.6 is 0 Å². The first-order chi connectivity index (χ1) is 9.77. The highest BCUT2D eigenvalue weighted by molar-refractivity contribution is 7.87. The van der Waals surface area contributed by atoms with Gasteiger partial charge < -0.3 is 0 Å². The summed E-state index contributed by atoms with van der Waals surface area (Å²) in [5.41, 5.74) is -1.16.